The SMILES string of the molecule is CCNC(=NCCc1cn2cccc(C)c2n1)NC1CCCC1.I. The molecule has 0 aromatic carbocycles. The minimum Gasteiger partial charge on any atom is -0.357 e. The number of fused-ring (bicyclic) bond motifs is 1. The first-order valence-corrected chi connectivity index (χ1v) is 8.74. The lowest BCUT2D eigenvalue weighted by Crippen LogP contribution is -2.42. The van der Waals surface area contributed by atoms with E-state index in [0.29, 0.717) is 6.04 Å². The topological polar surface area (TPSA) is 53.7 Å². The van der Waals surface area contributed by atoms with Crippen molar-refractivity contribution in [1.82, 2.24) is 20.0 Å². The third-order valence-corrected chi connectivity index (χ3v) is 4.41. The zero-order valence-electron chi connectivity index (χ0n) is 14.6. The summed E-state index contributed by atoms with van der Waals surface area (Å²) in [7, 11) is 0. The van der Waals surface area contributed by atoms with E-state index in [1.807, 2.05) is 6.20 Å². The number of halogens is 1. The van der Waals surface area contributed by atoms with Crippen molar-refractivity contribution < 1.29 is 0 Å². The minimum atomic E-state index is 0. The number of imidazole rings is 1. The molecule has 0 spiro atoms. The van der Waals surface area contributed by atoms with Gasteiger partial charge in [0.15, 0.2) is 5.96 Å². The Labute approximate surface area is 161 Å². The van der Waals surface area contributed by atoms with Crippen LogP contribution in [0.5, 0.6) is 0 Å². The van der Waals surface area contributed by atoms with Gasteiger partial charge in [0.05, 0.1) is 5.69 Å². The average molecular weight is 441 g/mol. The van der Waals surface area contributed by atoms with E-state index in [9.17, 15) is 0 Å². The van der Waals surface area contributed by atoms with Crippen LogP contribution in [0.15, 0.2) is 29.5 Å². The number of aryl methyl sites for hydroxylation is 1. The van der Waals surface area contributed by atoms with Gasteiger partial charge in [0.25, 0.3) is 0 Å². The quantitative estimate of drug-likeness (QED) is 0.426. The molecule has 0 unspecified atom stereocenters. The van der Waals surface area contributed by atoms with Crippen LogP contribution in [0.2, 0.25) is 0 Å². The van der Waals surface area contributed by atoms with Gasteiger partial charge in [-0.15, -0.1) is 24.0 Å². The maximum Gasteiger partial charge on any atom is 0.191 e. The molecule has 1 fully saturated rings. The third-order valence-electron chi connectivity index (χ3n) is 4.41. The maximum atomic E-state index is 4.71. The number of hydrogen-bond acceptors (Lipinski definition) is 2. The monoisotopic (exact) mass is 441 g/mol. The highest BCUT2D eigenvalue weighted by molar-refractivity contribution is 14.0. The van der Waals surface area contributed by atoms with E-state index in [-0.39, 0.29) is 24.0 Å². The van der Waals surface area contributed by atoms with E-state index in [4.69, 9.17) is 9.98 Å². The Balaban J connectivity index is 0.00000208. The zero-order chi connectivity index (χ0) is 16.1. The van der Waals surface area contributed by atoms with Crippen molar-refractivity contribution in [1.29, 1.82) is 0 Å². The Morgan fingerprint density at radius 3 is 2.88 bits per heavy atom. The van der Waals surface area contributed by atoms with Crippen molar-refractivity contribution in [2.45, 2.75) is 52.0 Å². The Bertz CT molecular complexity index is 673. The van der Waals surface area contributed by atoms with Gasteiger partial charge < -0.3 is 15.0 Å². The molecule has 132 valence electrons. The molecule has 3 rings (SSSR count). The Morgan fingerprint density at radius 2 is 2.17 bits per heavy atom. The minimum absolute atomic E-state index is 0. The normalized spacial score (nSPS) is 15.5. The molecular weight excluding hydrogens is 413 g/mol. The van der Waals surface area contributed by atoms with Crippen molar-refractivity contribution in [2.24, 2.45) is 4.99 Å². The lowest BCUT2D eigenvalue weighted by Gasteiger charge is -2.16. The standard InChI is InChI=1S/C18H27N5.HI/c1-3-19-18(22-15-8-4-5-9-15)20-11-10-16-13-23-12-6-7-14(2)17(23)21-16;/h6-7,12-13,15H,3-5,8-11H2,1-2H3,(H2,19,20,22);1H. The summed E-state index contributed by atoms with van der Waals surface area (Å²) >= 11 is 0. The first kappa shape index (κ1) is 19.0. The molecule has 2 aromatic heterocycles. The van der Waals surface area contributed by atoms with Gasteiger partial charge in [0.2, 0.25) is 0 Å². The summed E-state index contributed by atoms with van der Waals surface area (Å²) in [6.07, 6.45) is 10.2. The number of aliphatic imine (C=N–C) groups is 1. The molecule has 5 nitrogen and oxygen atoms in total. The van der Waals surface area contributed by atoms with Crippen LogP contribution < -0.4 is 10.6 Å². The number of aromatic nitrogens is 2. The molecule has 1 aliphatic rings. The molecule has 0 saturated heterocycles. The molecule has 24 heavy (non-hydrogen) atoms. The Morgan fingerprint density at radius 1 is 1.38 bits per heavy atom. The van der Waals surface area contributed by atoms with Crippen molar-refractivity contribution in [3.63, 3.8) is 0 Å². The van der Waals surface area contributed by atoms with Crippen molar-refractivity contribution in [3.05, 3.63) is 35.8 Å². The molecule has 0 radical (unpaired) electrons. The number of pyridine rings is 1. The lowest BCUT2D eigenvalue weighted by molar-refractivity contribution is 0.614. The molecular formula is C18H28IN5. The average Bonchev–Trinajstić information content (AvgIpc) is 3.17. The summed E-state index contributed by atoms with van der Waals surface area (Å²) in [6, 6.07) is 4.74. The van der Waals surface area contributed by atoms with Gasteiger partial charge in [0.1, 0.15) is 5.65 Å². The molecule has 1 aliphatic carbocycles. The van der Waals surface area contributed by atoms with E-state index in [2.05, 4.69) is 47.2 Å². The van der Waals surface area contributed by atoms with Crippen LogP contribution in [0.25, 0.3) is 5.65 Å². The second-order valence-corrected chi connectivity index (χ2v) is 6.29. The van der Waals surface area contributed by atoms with Crippen molar-refractivity contribution in [2.75, 3.05) is 13.1 Å². The molecule has 2 N–H and O–H groups in total. The molecule has 2 heterocycles. The van der Waals surface area contributed by atoms with E-state index in [0.717, 1.165) is 36.8 Å². The van der Waals surface area contributed by atoms with E-state index in [1.165, 1.54) is 31.2 Å². The first-order chi connectivity index (χ1) is 11.3. The summed E-state index contributed by atoms with van der Waals surface area (Å²) in [6.45, 7) is 5.85. The van der Waals surface area contributed by atoms with E-state index in [1.54, 1.807) is 0 Å². The van der Waals surface area contributed by atoms with Crippen LogP contribution >= 0.6 is 24.0 Å². The first-order valence-electron chi connectivity index (χ1n) is 8.74. The van der Waals surface area contributed by atoms with Gasteiger partial charge in [-0.2, -0.15) is 0 Å². The smallest absolute Gasteiger partial charge is 0.191 e. The molecule has 2 aromatic rings. The summed E-state index contributed by atoms with van der Waals surface area (Å²) in [5, 5.41) is 6.90. The van der Waals surface area contributed by atoms with Gasteiger partial charge in [-0.3, -0.25) is 4.99 Å². The molecule has 6 heteroatoms. The number of guanidine groups is 1. The zero-order valence-corrected chi connectivity index (χ0v) is 16.9. The van der Waals surface area contributed by atoms with E-state index < -0.39 is 0 Å². The Kier molecular flexibility index (Phi) is 7.33. The molecule has 0 aliphatic heterocycles. The number of rotatable bonds is 5. The highest BCUT2D eigenvalue weighted by Gasteiger charge is 2.15. The predicted octanol–water partition coefficient (Wildman–Crippen LogP) is 3.30. The van der Waals surface area contributed by atoms with Crippen molar-refractivity contribution in [3.8, 4) is 0 Å². The number of nitrogens with one attached hydrogen (secondary N) is 2. The van der Waals surface area contributed by atoms with Crippen LogP contribution in [0, 0.1) is 6.92 Å². The van der Waals surface area contributed by atoms with Gasteiger partial charge in [-0.05, 0) is 38.3 Å². The highest BCUT2D eigenvalue weighted by Crippen LogP contribution is 2.17. The fourth-order valence-electron chi connectivity index (χ4n) is 3.19. The fourth-order valence-corrected chi connectivity index (χ4v) is 3.19. The molecule has 0 atom stereocenters. The second kappa shape index (κ2) is 9.25. The summed E-state index contributed by atoms with van der Waals surface area (Å²) in [4.78, 5) is 9.42. The highest BCUT2D eigenvalue weighted by atomic mass is 127. The van der Waals surface area contributed by atoms with Crippen molar-refractivity contribution >= 4 is 35.6 Å². The largest absolute Gasteiger partial charge is 0.357 e. The Hall–Kier alpha value is -1.31. The molecule has 0 amide bonds. The molecule has 0 bridgehead atoms. The van der Waals surface area contributed by atoms with Crippen LogP contribution in [-0.4, -0.2) is 34.5 Å². The second-order valence-electron chi connectivity index (χ2n) is 6.29. The summed E-state index contributed by atoms with van der Waals surface area (Å²) < 4.78 is 2.09. The van der Waals surface area contributed by atoms with Crippen LogP contribution in [-0.2, 0) is 6.42 Å². The van der Waals surface area contributed by atoms with Gasteiger partial charge >= 0.3 is 0 Å². The van der Waals surface area contributed by atoms with Crippen LogP contribution in [0.4, 0.5) is 0 Å². The maximum absolute atomic E-state index is 4.71. The number of hydrogen-bond donors (Lipinski definition) is 2. The van der Waals surface area contributed by atoms with Gasteiger partial charge in [-0.25, -0.2) is 4.98 Å². The third kappa shape index (κ3) is 4.84. The summed E-state index contributed by atoms with van der Waals surface area (Å²) in [5.41, 5.74) is 3.35. The lowest BCUT2D eigenvalue weighted by atomic mass is 10.2. The van der Waals surface area contributed by atoms with E-state index >= 15 is 0 Å². The van der Waals surface area contributed by atoms with Gasteiger partial charge in [0, 0.05) is 37.9 Å². The number of nitrogens with zero attached hydrogens (tertiary/aromatic N) is 3. The summed E-state index contributed by atoms with van der Waals surface area (Å²) in [5.74, 6) is 0.944. The van der Waals surface area contributed by atoms with Crippen LogP contribution in [0.3, 0.4) is 0 Å². The predicted molar refractivity (Wildman–Crippen MR) is 110 cm³/mol. The molecule has 1 saturated carbocycles. The fraction of sp³-hybridized carbons (Fsp3) is 0.556. The van der Waals surface area contributed by atoms with Crippen LogP contribution in [0.1, 0.15) is 43.9 Å². The van der Waals surface area contributed by atoms with Gasteiger partial charge in [-0.1, -0.05) is 18.9 Å².